The largest absolute Gasteiger partial charge is 0.378 e. The number of anilines is 1. The first-order valence-electron chi connectivity index (χ1n) is 9.83. The van der Waals surface area contributed by atoms with E-state index in [1.54, 1.807) is 12.2 Å². The molecule has 0 atom stereocenters. The minimum Gasteiger partial charge on any atom is -0.378 e. The van der Waals surface area contributed by atoms with Gasteiger partial charge in [-0.05, 0) is 44.0 Å². The predicted molar refractivity (Wildman–Crippen MR) is 118 cm³/mol. The molecule has 0 aliphatic carbocycles. The number of hydrogen-bond donors (Lipinski definition) is 0. The molecule has 6 heteroatoms. The fourth-order valence-corrected chi connectivity index (χ4v) is 3.26. The third-order valence-corrected chi connectivity index (χ3v) is 5.14. The molecule has 0 unspecified atom stereocenters. The van der Waals surface area contributed by atoms with Crippen LogP contribution in [-0.4, -0.2) is 41.2 Å². The second kappa shape index (κ2) is 10.3. The highest BCUT2D eigenvalue weighted by Crippen LogP contribution is 2.22. The average Bonchev–Trinajstić information content (AvgIpc) is 2.95. The van der Waals surface area contributed by atoms with Crippen LogP contribution in [0.4, 0.5) is 5.69 Å². The second-order valence-electron chi connectivity index (χ2n) is 7.11. The Morgan fingerprint density at radius 2 is 1.89 bits per heavy atom. The van der Waals surface area contributed by atoms with Crippen molar-refractivity contribution in [2.45, 2.75) is 46.7 Å². The molecule has 152 valence electrons. The van der Waals surface area contributed by atoms with Gasteiger partial charge in [0, 0.05) is 51.1 Å². The Hall–Kier alpha value is -2.27. The third-order valence-electron chi connectivity index (χ3n) is 4.74. The smallest absolute Gasteiger partial charge is 0.246 e. The number of likely N-dealkylation sites (N-methyl/N-ethyl adjacent to an activating group) is 1. The van der Waals surface area contributed by atoms with Gasteiger partial charge in [0.05, 0.1) is 5.69 Å². The SMILES string of the molecule is CCCCn1nc(C)c(/C=C/C(=O)N(CC)Cc2ccc(N(C)C)cc2)c1Cl. The summed E-state index contributed by atoms with van der Waals surface area (Å²) in [6.07, 6.45) is 5.49. The van der Waals surface area contributed by atoms with Gasteiger partial charge < -0.3 is 9.80 Å². The van der Waals surface area contributed by atoms with E-state index in [0.717, 1.165) is 41.9 Å². The summed E-state index contributed by atoms with van der Waals surface area (Å²) in [6, 6.07) is 8.26. The lowest BCUT2D eigenvalue weighted by Gasteiger charge is -2.20. The van der Waals surface area contributed by atoms with Crippen molar-refractivity contribution in [1.29, 1.82) is 0 Å². The van der Waals surface area contributed by atoms with E-state index in [1.807, 2.05) is 37.5 Å². The Bertz CT molecular complexity index is 809. The maximum atomic E-state index is 12.7. The van der Waals surface area contributed by atoms with Crippen LogP contribution < -0.4 is 4.90 Å². The Morgan fingerprint density at radius 3 is 2.46 bits per heavy atom. The minimum absolute atomic E-state index is 0.0315. The first-order valence-corrected chi connectivity index (χ1v) is 10.2. The molecule has 5 nitrogen and oxygen atoms in total. The van der Waals surface area contributed by atoms with Gasteiger partial charge in [0.15, 0.2) is 0 Å². The summed E-state index contributed by atoms with van der Waals surface area (Å²) in [5.41, 5.74) is 3.91. The molecule has 0 N–H and O–H groups in total. The zero-order valence-corrected chi connectivity index (χ0v) is 18.3. The molecule has 0 aliphatic heterocycles. The molecule has 28 heavy (non-hydrogen) atoms. The summed E-state index contributed by atoms with van der Waals surface area (Å²) in [4.78, 5) is 16.6. The van der Waals surface area contributed by atoms with E-state index in [9.17, 15) is 4.79 Å². The molecular weight excluding hydrogens is 372 g/mol. The average molecular weight is 403 g/mol. The van der Waals surface area contributed by atoms with Crippen molar-refractivity contribution >= 4 is 29.3 Å². The lowest BCUT2D eigenvalue weighted by molar-refractivity contribution is -0.126. The van der Waals surface area contributed by atoms with Gasteiger partial charge in [-0.3, -0.25) is 9.48 Å². The summed E-state index contributed by atoms with van der Waals surface area (Å²) >= 11 is 6.45. The number of aromatic nitrogens is 2. The molecule has 0 fully saturated rings. The number of rotatable bonds is 9. The van der Waals surface area contributed by atoms with Gasteiger partial charge >= 0.3 is 0 Å². The first kappa shape index (κ1) is 22.0. The maximum Gasteiger partial charge on any atom is 0.246 e. The molecule has 1 aromatic carbocycles. The van der Waals surface area contributed by atoms with Crippen molar-refractivity contribution in [3.8, 4) is 0 Å². The quantitative estimate of drug-likeness (QED) is 0.567. The van der Waals surface area contributed by atoms with Crippen LogP contribution in [-0.2, 0) is 17.9 Å². The van der Waals surface area contributed by atoms with Crippen molar-refractivity contribution < 1.29 is 4.79 Å². The van der Waals surface area contributed by atoms with Crippen molar-refractivity contribution in [3.63, 3.8) is 0 Å². The number of amides is 1. The van der Waals surface area contributed by atoms with E-state index in [-0.39, 0.29) is 5.91 Å². The Kier molecular flexibility index (Phi) is 8.12. The van der Waals surface area contributed by atoms with Crippen LogP contribution >= 0.6 is 11.6 Å². The number of unbranched alkanes of at least 4 members (excludes halogenated alkanes) is 1. The molecule has 0 saturated heterocycles. The zero-order valence-electron chi connectivity index (χ0n) is 17.6. The maximum absolute atomic E-state index is 12.7. The molecule has 0 bridgehead atoms. The fourth-order valence-electron chi connectivity index (χ4n) is 2.94. The van der Waals surface area contributed by atoms with Crippen LogP contribution in [0.5, 0.6) is 0 Å². The number of carbonyl (C=O) groups excluding carboxylic acids is 1. The number of hydrogen-bond acceptors (Lipinski definition) is 3. The molecule has 0 radical (unpaired) electrons. The van der Waals surface area contributed by atoms with Crippen molar-refractivity contribution in [2.75, 3.05) is 25.5 Å². The number of carbonyl (C=O) groups is 1. The van der Waals surface area contributed by atoms with Gasteiger partial charge in [0.1, 0.15) is 5.15 Å². The molecule has 0 aliphatic rings. The van der Waals surface area contributed by atoms with Crippen LogP contribution in [0.3, 0.4) is 0 Å². The Labute approximate surface area is 173 Å². The van der Waals surface area contributed by atoms with Crippen LogP contribution in [0, 0.1) is 6.92 Å². The zero-order chi connectivity index (χ0) is 20.7. The van der Waals surface area contributed by atoms with E-state index < -0.39 is 0 Å². The summed E-state index contributed by atoms with van der Waals surface area (Å²) in [7, 11) is 4.03. The van der Waals surface area contributed by atoms with Crippen LogP contribution in [0.2, 0.25) is 5.15 Å². The molecule has 1 aromatic heterocycles. The van der Waals surface area contributed by atoms with Crippen molar-refractivity contribution in [2.24, 2.45) is 0 Å². The van der Waals surface area contributed by atoms with Crippen LogP contribution in [0.1, 0.15) is 43.5 Å². The van der Waals surface area contributed by atoms with E-state index in [0.29, 0.717) is 18.2 Å². The Balaban J connectivity index is 2.08. The molecule has 1 amide bonds. The standard InChI is InChI=1S/C22H31ClN4O/c1-6-8-15-27-22(23)20(17(3)24-27)13-14-21(28)26(7-2)16-18-9-11-19(12-10-18)25(4)5/h9-14H,6-8,15-16H2,1-5H3/b14-13+. The summed E-state index contributed by atoms with van der Waals surface area (Å²) < 4.78 is 1.81. The van der Waals surface area contributed by atoms with Gasteiger partial charge in [0.25, 0.3) is 0 Å². The van der Waals surface area contributed by atoms with Crippen molar-refractivity contribution in [3.05, 3.63) is 52.3 Å². The van der Waals surface area contributed by atoms with Crippen LogP contribution in [0.25, 0.3) is 6.08 Å². The van der Waals surface area contributed by atoms with Crippen molar-refractivity contribution in [1.82, 2.24) is 14.7 Å². The predicted octanol–water partition coefficient (Wildman–Crippen LogP) is 4.77. The van der Waals surface area contributed by atoms with Gasteiger partial charge in [-0.1, -0.05) is 37.1 Å². The lowest BCUT2D eigenvalue weighted by Crippen LogP contribution is -2.28. The monoisotopic (exact) mass is 402 g/mol. The normalized spacial score (nSPS) is 11.2. The highest BCUT2D eigenvalue weighted by atomic mass is 35.5. The van der Waals surface area contributed by atoms with E-state index in [4.69, 9.17) is 11.6 Å². The number of benzene rings is 1. The molecule has 2 aromatic rings. The van der Waals surface area contributed by atoms with E-state index in [2.05, 4.69) is 41.2 Å². The van der Waals surface area contributed by atoms with Gasteiger partial charge in [-0.15, -0.1) is 0 Å². The molecule has 1 heterocycles. The summed E-state index contributed by atoms with van der Waals surface area (Å²) in [6.45, 7) is 8.05. The number of halogens is 1. The highest BCUT2D eigenvalue weighted by molar-refractivity contribution is 6.31. The van der Waals surface area contributed by atoms with Gasteiger partial charge in [0.2, 0.25) is 5.91 Å². The summed E-state index contributed by atoms with van der Waals surface area (Å²) in [5, 5.41) is 5.08. The third kappa shape index (κ3) is 5.61. The van der Waals surface area contributed by atoms with Crippen LogP contribution in [0.15, 0.2) is 30.3 Å². The molecule has 0 spiro atoms. The second-order valence-corrected chi connectivity index (χ2v) is 7.47. The number of aryl methyl sites for hydroxylation is 2. The van der Waals surface area contributed by atoms with Gasteiger partial charge in [-0.25, -0.2) is 0 Å². The lowest BCUT2D eigenvalue weighted by atomic mass is 10.2. The summed E-state index contributed by atoms with van der Waals surface area (Å²) in [5.74, 6) is -0.0315. The Morgan fingerprint density at radius 1 is 1.21 bits per heavy atom. The molecule has 0 saturated carbocycles. The minimum atomic E-state index is -0.0315. The molecule has 2 rings (SSSR count). The van der Waals surface area contributed by atoms with Gasteiger partial charge in [-0.2, -0.15) is 5.10 Å². The molecular formula is C22H31ClN4O. The van der Waals surface area contributed by atoms with E-state index in [1.165, 1.54) is 0 Å². The topological polar surface area (TPSA) is 41.4 Å². The van der Waals surface area contributed by atoms with E-state index >= 15 is 0 Å². The first-order chi connectivity index (χ1) is 13.4. The highest BCUT2D eigenvalue weighted by Gasteiger charge is 2.13. The number of nitrogens with zero attached hydrogens (tertiary/aromatic N) is 4. The fraction of sp³-hybridized carbons (Fsp3) is 0.455.